The average molecular weight is 412 g/mol. The summed E-state index contributed by atoms with van der Waals surface area (Å²) >= 11 is 0. The van der Waals surface area contributed by atoms with E-state index < -0.39 is 0 Å². The summed E-state index contributed by atoms with van der Waals surface area (Å²) in [4.78, 5) is 18.7. The van der Waals surface area contributed by atoms with Crippen molar-refractivity contribution in [2.45, 2.75) is 6.61 Å². The van der Waals surface area contributed by atoms with E-state index in [0.29, 0.717) is 25.2 Å². The van der Waals surface area contributed by atoms with Crippen LogP contribution >= 0.6 is 0 Å². The Morgan fingerprint density at radius 2 is 1.68 bits per heavy atom. The monoisotopic (exact) mass is 412 g/mol. The van der Waals surface area contributed by atoms with Crippen molar-refractivity contribution < 1.29 is 9.47 Å². The lowest BCUT2D eigenvalue weighted by molar-refractivity contribution is 0.122. The molecular formula is C26H24N2O3. The van der Waals surface area contributed by atoms with Crippen molar-refractivity contribution in [2.75, 3.05) is 31.2 Å². The zero-order valence-corrected chi connectivity index (χ0v) is 17.2. The number of rotatable bonds is 5. The number of para-hydroxylation sites is 1. The van der Waals surface area contributed by atoms with Crippen LogP contribution in [0.15, 0.2) is 83.7 Å². The predicted octanol–water partition coefficient (Wildman–Crippen LogP) is 4.61. The molecule has 5 heteroatoms. The number of hydrogen-bond donors (Lipinski definition) is 1. The van der Waals surface area contributed by atoms with E-state index in [1.54, 1.807) is 6.07 Å². The van der Waals surface area contributed by atoms with E-state index in [1.807, 2.05) is 66.7 Å². The Labute approximate surface area is 180 Å². The van der Waals surface area contributed by atoms with Gasteiger partial charge in [-0.05, 0) is 35.9 Å². The lowest BCUT2D eigenvalue weighted by atomic mass is 10.1. The third-order valence-electron chi connectivity index (χ3n) is 5.60. The Morgan fingerprint density at radius 3 is 2.52 bits per heavy atom. The molecule has 0 amide bonds. The molecule has 0 atom stereocenters. The second-order valence-electron chi connectivity index (χ2n) is 7.65. The van der Waals surface area contributed by atoms with Crippen LogP contribution in [0.3, 0.4) is 0 Å². The van der Waals surface area contributed by atoms with Crippen LogP contribution < -0.4 is 15.1 Å². The van der Waals surface area contributed by atoms with Crippen LogP contribution in [0.1, 0.15) is 5.56 Å². The van der Waals surface area contributed by atoms with E-state index in [-0.39, 0.29) is 5.43 Å². The Bertz CT molecular complexity index is 1240. The van der Waals surface area contributed by atoms with Gasteiger partial charge in [-0.15, -0.1) is 0 Å². The van der Waals surface area contributed by atoms with Gasteiger partial charge < -0.3 is 19.4 Å². The third-order valence-corrected chi connectivity index (χ3v) is 5.60. The Morgan fingerprint density at radius 1 is 0.903 bits per heavy atom. The average Bonchev–Trinajstić information content (AvgIpc) is 2.84. The summed E-state index contributed by atoms with van der Waals surface area (Å²) in [6, 6.07) is 25.5. The molecule has 1 aromatic heterocycles. The number of ether oxygens (including phenoxy) is 2. The Kier molecular flexibility index (Phi) is 5.42. The number of nitrogens with one attached hydrogen (secondary N) is 1. The molecule has 2 heterocycles. The molecule has 4 aromatic rings. The molecular weight excluding hydrogens is 388 g/mol. The van der Waals surface area contributed by atoms with Crippen LogP contribution in [0, 0.1) is 0 Å². The molecule has 0 unspecified atom stereocenters. The molecule has 1 aliphatic heterocycles. The molecule has 0 radical (unpaired) electrons. The van der Waals surface area contributed by atoms with Crippen LogP contribution in [-0.2, 0) is 11.3 Å². The largest absolute Gasteiger partial charge is 0.488 e. The van der Waals surface area contributed by atoms with Crippen LogP contribution in [0.5, 0.6) is 5.75 Å². The summed E-state index contributed by atoms with van der Waals surface area (Å²) in [7, 11) is 0. The van der Waals surface area contributed by atoms with E-state index in [9.17, 15) is 4.79 Å². The molecule has 0 saturated carbocycles. The number of morpholine rings is 1. The molecule has 1 saturated heterocycles. The van der Waals surface area contributed by atoms with E-state index in [1.165, 1.54) is 0 Å². The highest BCUT2D eigenvalue weighted by molar-refractivity contribution is 5.85. The minimum atomic E-state index is -0.00304. The normalized spacial score (nSPS) is 14.0. The van der Waals surface area contributed by atoms with Crippen molar-refractivity contribution in [2.24, 2.45) is 0 Å². The number of pyridine rings is 1. The van der Waals surface area contributed by atoms with Gasteiger partial charge in [0.15, 0.2) is 5.43 Å². The van der Waals surface area contributed by atoms with Crippen LogP contribution in [0.2, 0.25) is 0 Å². The van der Waals surface area contributed by atoms with Gasteiger partial charge in [-0.25, -0.2) is 0 Å². The molecule has 0 aliphatic carbocycles. The van der Waals surface area contributed by atoms with Crippen LogP contribution in [0.25, 0.3) is 22.2 Å². The third kappa shape index (κ3) is 4.18. The van der Waals surface area contributed by atoms with Gasteiger partial charge in [-0.2, -0.15) is 0 Å². The molecule has 3 aromatic carbocycles. The van der Waals surface area contributed by atoms with E-state index in [2.05, 4.69) is 16.0 Å². The predicted molar refractivity (Wildman–Crippen MR) is 124 cm³/mol. The molecule has 1 N–H and O–H groups in total. The summed E-state index contributed by atoms with van der Waals surface area (Å²) in [6.45, 7) is 3.58. The smallest absolute Gasteiger partial charge is 0.190 e. The second-order valence-corrected chi connectivity index (χ2v) is 7.65. The van der Waals surface area contributed by atoms with Crippen LogP contribution in [0.4, 0.5) is 5.69 Å². The molecule has 156 valence electrons. The van der Waals surface area contributed by atoms with Crippen molar-refractivity contribution in [3.05, 3.63) is 94.6 Å². The summed E-state index contributed by atoms with van der Waals surface area (Å²) in [5.74, 6) is 0.742. The first kappa shape index (κ1) is 19.4. The summed E-state index contributed by atoms with van der Waals surface area (Å²) in [6.07, 6.45) is 0. The van der Waals surface area contributed by atoms with Gasteiger partial charge in [-0.3, -0.25) is 4.79 Å². The molecule has 5 rings (SSSR count). The molecule has 0 bridgehead atoms. The maximum Gasteiger partial charge on any atom is 0.190 e. The van der Waals surface area contributed by atoms with Gasteiger partial charge in [-0.1, -0.05) is 42.5 Å². The molecule has 0 spiro atoms. The van der Waals surface area contributed by atoms with Gasteiger partial charge in [0.1, 0.15) is 12.4 Å². The Balaban J connectivity index is 1.47. The number of nitrogens with zero attached hydrogens (tertiary/aromatic N) is 1. The quantitative estimate of drug-likeness (QED) is 0.520. The van der Waals surface area contributed by atoms with Crippen molar-refractivity contribution in [1.82, 2.24) is 4.98 Å². The fourth-order valence-electron chi connectivity index (χ4n) is 3.95. The summed E-state index contributed by atoms with van der Waals surface area (Å²) < 4.78 is 11.5. The zero-order valence-electron chi connectivity index (χ0n) is 17.2. The number of hydrogen-bond acceptors (Lipinski definition) is 4. The Hall–Kier alpha value is -3.57. The van der Waals surface area contributed by atoms with E-state index in [4.69, 9.17) is 9.47 Å². The fourth-order valence-corrected chi connectivity index (χ4v) is 3.95. The summed E-state index contributed by atoms with van der Waals surface area (Å²) in [5.41, 5.74) is 4.59. The van der Waals surface area contributed by atoms with E-state index >= 15 is 0 Å². The minimum absolute atomic E-state index is 0.00304. The van der Waals surface area contributed by atoms with Crippen molar-refractivity contribution in [3.8, 4) is 17.0 Å². The maximum atomic E-state index is 13.0. The highest BCUT2D eigenvalue weighted by atomic mass is 16.5. The first-order valence-electron chi connectivity index (χ1n) is 10.5. The maximum absolute atomic E-state index is 13.0. The molecule has 1 aliphatic rings. The standard InChI is InChI=1S/C26H24N2O3/c29-25-17-24(21-8-4-5-9-26(21)31-18-19-6-2-1-3-7-19)27-23-11-10-20(16-22(23)25)28-12-14-30-15-13-28/h1-11,16-17H,12-15,18H2,(H,27,29). The SMILES string of the molecule is O=c1cc(-c2ccccc2OCc2ccccc2)[nH]c2ccc(N3CCOCC3)cc12. The zero-order chi connectivity index (χ0) is 21.0. The molecule has 5 nitrogen and oxygen atoms in total. The van der Waals surface area contributed by atoms with Gasteiger partial charge >= 0.3 is 0 Å². The second kappa shape index (κ2) is 8.66. The van der Waals surface area contributed by atoms with Gasteiger partial charge in [0, 0.05) is 41.3 Å². The van der Waals surface area contributed by atoms with Gasteiger partial charge in [0.05, 0.1) is 18.9 Å². The van der Waals surface area contributed by atoms with Crippen molar-refractivity contribution >= 4 is 16.6 Å². The number of aromatic nitrogens is 1. The number of aromatic amines is 1. The molecule has 31 heavy (non-hydrogen) atoms. The number of benzene rings is 3. The van der Waals surface area contributed by atoms with Crippen molar-refractivity contribution in [1.29, 1.82) is 0 Å². The highest BCUT2D eigenvalue weighted by Gasteiger charge is 2.14. The summed E-state index contributed by atoms with van der Waals surface area (Å²) in [5, 5.41) is 0.690. The van der Waals surface area contributed by atoms with Crippen molar-refractivity contribution in [3.63, 3.8) is 0 Å². The first-order valence-corrected chi connectivity index (χ1v) is 10.5. The fraction of sp³-hybridized carbons (Fsp3) is 0.192. The van der Waals surface area contributed by atoms with E-state index in [0.717, 1.165) is 46.9 Å². The lowest BCUT2D eigenvalue weighted by Gasteiger charge is -2.29. The van der Waals surface area contributed by atoms with Crippen LogP contribution in [-0.4, -0.2) is 31.3 Å². The lowest BCUT2D eigenvalue weighted by Crippen LogP contribution is -2.36. The number of H-pyrrole nitrogens is 1. The number of fused-ring (bicyclic) bond motifs is 1. The molecule has 1 fully saturated rings. The number of anilines is 1. The topological polar surface area (TPSA) is 54.6 Å². The highest BCUT2D eigenvalue weighted by Crippen LogP contribution is 2.30. The van der Waals surface area contributed by atoms with Gasteiger partial charge in [0.2, 0.25) is 0 Å². The van der Waals surface area contributed by atoms with Gasteiger partial charge in [0.25, 0.3) is 0 Å². The minimum Gasteiger partial charge on any atom is -0.488 e. The first-order chi connectivity index (χ1) is 15.3.